The summed E-state index contributed by atoms with van der Waals surface area (Å²) < 4.78 is 0. The molecule has 0 saturated heterocycles. The van der Waals surface area contributed by atoms with Gasteiger partial charge < -0.3 is 10.2 Å². The fourth-order valence-corrected chi connectivity index (χ4v) is 3.71. The molecule has 2 rings (SSSR count). The molecule has 4 nitrogen and oxygen atoms in total. The number of benzene rings is 2. The van der Waals surface area contributed by atoms with Crippen molar-refractivity contribution in [1.29, 1.82) is 0 Å². The van der Waals surface area contributed by atoms with Gasteiger partial charge in [0.2, 0.25) is 11.8 Å². The van der Waals surface area contributed by atoms with Crippen molar-refractivity contribution in [2.45, 2.75) is 66.1 Å². The molecule has 0 aliphatic heterocycles. The summed E-state index contributed by atoms with van der Waals surface area (Å²) in [5.74, 6) is -0.248. The first-order valence-corrected chi connectivity index (χ1v) is 11.0. The molecule has 0 aliphatic carbocycles. The summed E-state index contributed by atoms with van der Waals surface area (Å²) in [7, 11) is 0. The predicted octanol–water partition coefficient (Wildman–Crippen LogP) is 5.48. The molecule has 1 atom stereocenters. The summed E-state index contributed by atoms with van der Waals surface area (Å²) in [6.45, 7) is 10.0. The van der Waals surface area contributed by atoms with E-state index in [2.05, 4.69) is 5.32 Å². The Kier molecular flexibility index (Phi) is 8.75. The second-order valence-electron chi connectivity index (χ2n) is 7.96. The van der Waals surface area contributed by atoms with Gasteiger partial charge in [-0.2, -0.15) is 0 Å². The van der Waals surface area contributed by atoms with Crippen molar-refractivity contribution in [2.75, 3.05) is 0 Å². The fraction of sp³-hybridized carbons (Fsp3) is 0.417. The van der Waals surface area contributed by atoms with Gasteiger partial charge in [-0.3, -0.25) is 9.59 Å². The molecule has 0 bridgehead atoms. The topological polar surface area (TPSA) is 49.4 Å². The lowest BCUT2D eigenvalue weighted by molar-refractivity contribution is -0.141. The van der Waals surface area contributed by atoms with Crippen LogP contribution in [0.5, 0.6) is 0 Å². The highest BCUT2D eigenvalue weighted by Gasteiger charge is 2.29. The van der Waals surface area contributed by atoms with Crippen LogP contribution < -0.4 is 5.32 Å². The Balaban J connectivity index is 2.37. The van der Waals surface area contributed by atoms with Gasteiger partial charge in [-0.1, -0.05) is 60.0 Å². The van der Waals surface area contributed by atoms with Crippen molar-refractivity contribution < 1.29 is 9.59 Å². The number of halogens is 2. The van der Waals surface area contributed by atoms with Crippen LogP contribution in [0.25, 0.3) is 0 Å². The quantitative estimate of drug-likeness (QED) is 0.580. The van der Waals surface area contributed by atoms with Gasteiger partial charge in [0, 0.05) is 12.6 Å². The molecular weight excluding hydrogens is 419 g/mol. The van der Waals surface area contributed by atoms with E-state index in [1.54, 1.807) is 17.0 Å². The van der Waals surface area contributed by atoms with E-state index in [-0.39, 0.29) is 30.8 Å². The van der Waals surface area contributed by atoms with Crippen LogP contribution in [0.2, 0.25) is 10.0 Å². The van der Waals surface area contributed by atoms with Crippen molar-refractivity contribution in [3.63, 3.8) is 0 Å². The largest absolute Gasteiger partial charge is 0.352 e. The van der Waals surface area contributed by atoms with Crippen LogP contribution in [0.15, 0.2) is 36.4 Å². The number of nitrogens with zero attached hydrogens (tertiary/aromatic N) is 1. The van der Waals surface area contributed by atoms with Gasteiger partial charge in [0.15, 0.2) is 0 Å². The first-order chi connectivity index (χ1) is 14.1. The van der Waals surface area contributed by atoms with E-state index in [1.807, 2.05) is 58.9 Å². The number of carbonyl (C=O) groups is 2. The predicted molar refractivity (Wildman–Crippen MR) is 124 cm³/mol. The number of rotatable bonds is 8. The Labute approximate surface area is 189 Å². The Bertz CT molecular complexity index is 912. The molecule has 0 aromatic heterocycles. The van der Waals surface area contributed by atoms with E-state index in [9.17, 15) is 9.59 Å². The summed E-state index contributed by atoms with van der Waals surface area (Å²) in [4.78, 5) is 27.9. The Morgan fingerprint density at radius 2 is 1.73 bits per heavy atom. The molecule has 0 spiro atoms. The van der Waals surface area contributed by atoms with Gasteiger partial charge in [0.1, 0.15) is 6.04 Å². The minimum atomic E-state index is -0.570. The van der Waals surface area contributed by atoms with Gasteiger partial charge in [0.25, 0.3) is 0 Å². The summed E-state index contributed by atoms with van der Waals surface area (Å²) in [6, 6.07) is 10.8. The van der Waals surface area contributed by atoms with Crippen LogP contribution in [0.3, 0.4) is 0 Å². The number of hydrogen-bond donors (Lipinski definition) is 1. The average Bonchev–Trinajstić information content (AvgIpc) is 2.66. The molecule has 0 fully saturated rings. The molecule has 6 heteroatoms. The van der Waals surface area contributed by atoms with Gasteiger partial charge in [0.05, 0.1) is 16.5 Å². The van der Waals surface area contributed by atoms with Crippen molar-refractivity contribution in [1.82, 2.24) is 10.2 Å². The van der Waals surface area contributed by atoms with E-state index in [4.69, 9.17) is 23.2 Å². The maximum absolute atomic E-state index is 13.4. The van der Waals surface area contributed by atoms with E-state index >= 15 is 0 Å². The van der Waals surface area contributed by atoms with Crippen LogP contribution in [0, 0.1) is 13.8 Å². The van der Waals surface area contributed by atoms with Crippen LogP contribution in [-0.4, -0.2) is 28.8 Å². The van der Waals surface area contributed by atoms with Crippen LogP contribution in [0.4, 0.5) is 0 Å². The zero-order chi connectivity index (χ0) is 22.4. The smallest absolute Gasteiger partial charge is 0.243 e. The first kappa shape index (κ1) is 24.2. The maximum atomic E-state index is 13.4. The Morgan fingerprint density at radius 3 is 2.33 bits per heavy atom. The van der Waals surface area contributed by atoms with E-state index in [1.165, 1.54) is 0 Å². The monoisotopic (exact) mass is 448 g/mol. The lowest BCUT2D eigenvalue weighted by Gasteiger charge is -2.31. The van der Waals surface area contributed by atoms with Crippen LogP contribution in [0.1, 0.15) is 49.4 Å². The minimum absolute atomic E-state index is 0.00695. The summed E-state index contributed by atoms with van der Waals surface area (Å²) in [6.07, 6.45) is 0.749. The molecule has 0 radical (unpaired) electrons. The van der Waals surface area contributed by atoms with Crippen molar-refractivity contribution in [3.8, 4) is 0 Å². The van der Waals surface area contributed by atoms with Crippen molar-refractivity contribution in [3.05, 3.63) is 68.7 Å². The third-order valence-corrected chi connectivity index (χ3v) is 5.74. The molecule has 1 N–H and O–H groups in total. The van der Waals surface area contributed by atoms with Gasteiger partial charge in [-0.15, -0.1) is 0 Å². The number of hydrogen-bond acceptors (Lipinski definition) is 2. The second kappa shape index (κ2) is 10.8. The molecular formula is C24H30Cl2N2O2. The van der Waals surface area contributed by atoms with Crippen LogP contribution in [-0.2, 0) is 22.6 Å². The third kappa shape index (κ3) is 6.48. The van der Waals surface area contributed by atoms with Gasteiger partial charge in [-0.05, 0) is 62.9 Å². The SMILES string of the molecule is CC[C@@H](C(=O)NC(C)C)N(Cc1ccc(Cl)c(Cl)c1)C(=O)Cc1cc(C)ccc1C. The fourth-order valence-electron chi connectivity index (χ4n) is 3.39. The molecule has 2 aromatic carbocycles. The molecule has 2 aromatic rings. The van der Waals surface area contributed by atoms with E-state index in [0.717, 1.165) is 22.3 Å². The zero-order valence-corrected chi connectivity index (χ0v) is 19.8. The lowest BCUT2D eigenvalue weighted by atomic mass is 10.0. The molecule has 30 heavy (non-hydrogen) atoms. The van der Waals surface area contributed by atoms with Gasteiger partial charge >= 0.3 is 0 Å². The molecule has 0 aliphatic rings. The van der Waals surface area contributed by atoms with E-state index in [0.29, 0.717) is 16.5 Å². The first-order valence-electron chi connectivity index (χ1n) is 10.2. The normalized spacial score (nSPS) is 12.0. The molecule has 2 amide bonds. The second-order valence-corrected chi connectivity index (χ2v) is 8.78. The summed E-state index contributed by atoms with van der Waals surface area (Å²) >= 11 is 12.2. The Morgan fingerprint density at radius 1 is 1.03 bits per heavy atom. The highest BCUT2D eigenvalue weighted by molar-refractivity contribution is 6.42. The van der Waals surface area contributed by atoms with Gasteiger partial charge in [-0.25, -0.2) is 0 Å². The average molecular weight is 449 g/mol. The van der Waals surface area contributed by atoms with Crippen molar-refractivity contribution in [2.24, 2.45) is 0 Å². The molecule has 162 valence electrons. The minimum Gasteiger partial charge on any atom is -0.352 e. The number of carbonyl (C=O) groups excluding carboxylic acids is 2. The molecule has 0 unspecified atom stereocenters. The third-order valence-electron chi connectivity index (χ3n) is 5.00. The molecule has 0 saturated carbocycles. The summed E-state index contributed by atoms with van der Waals surface area (Å²) in [5.41, 5.74) is 3.96. The Hall–Kier alpha value is -2.04. The van der Waals surface area contributed by atoms with E-state index < -0.39 is 6.04 Å². The maximum Gasteiger partial charge on any atom is 0.243 e. The zero-order valence-electron chi connectivity index (χ0n) is 18.3. The summed E-state index contributed by atoms with van der Waals surface area (Å²) in [5, 5.41) is 3.82. The highest BCUT2D eigenvalue weighted by atomic mass is 35.5. The van der Waals surface area contributed by atoms with Crippen LogP contribution >= 0.6 is 23.2 Å². The number of nitrogens with one attached hydrogen (secondary N) is 1. The molecule has 0 heterocycles. The number of aryl methyl sites for hydroxylation is 2. The lowest BCUT2D eigenvalue weighted by Crippen LogP contribution is -2.50. The standard InChI is InChI=1S/C24H30Cl2N2O2/c1-6-22(24(30)27-15(2)3)28(14-18-9-10-20(25)21(26)12-18)23(29)13-19-11-16(4)7-8-17(19)5/h7-12,15,22H,6,13-14H2,1-5H3,(H,27,30)/t22-/m0/s1. The highest BCUT2D eigenvalue weighted by Crippen LogP contribution is 2.24. The van der Waals surface area contributed by atoms with Crippen molar-refractivity contribution >= 4 is 35.0 Å². The number of amides is 2.